The molecule has 2 aromatic heterocycles. The summed E-state index contributed by atoms with van der Waals surface area (Å²) in [6.07, 6.45) is 1.15. The largest absolute Gasteiger partial charge is 0.388 e. The molecule has 4 heterocycles. The third kappa shape index (κ3) is 2.36. The number of carbonyl (C=O) groups excluding carboxylic acids is 1. The number of aliphatic hydroxyl groups excluding tert-OH is 1. The average molecular weight is 320 g/mol. The standard InChI is InChI=1S/C11H16N10O2/c22-5-9-15-14-8-4-19(1-2-20(8)9)11(23)7-3-12-16-10(7)21-6-13-17-18-21/h6-7,10,12,16,22H,1-5H2. The summed E-state index contributed by atoms with van der Waals surface area (Å²) in [4.78, 5) is 14.6. The Morgan fingerprint density at radius 3 is 3.09 bits per heavy atom. The van der Waals surface area contributed by atoms with Gasteiger partial charge in [-0.05, 0) is 10.4 Å². The summed E-state index contributed by atoms with van der Waals surface area (Å²) in [5, 5.41) is 28.3. The lowest BCUT2D eigenvalue weighted by Crippen LogP contribution is -2.44. The number of fused-ring (bicyclic) bond motifs is 1. The lowest BCUT2D eigenvalue weighted by atomic mass is 10.1. The molecule has 4 rings (SSSR count). The number of aliphatic hydroxyl groups is 1. The molecule has 2 atom stereocenters. The first-order valence-electron chi connectivity index (χ1n) is 7.29. The molecule has 0 radical (unpaired) electrons. The van der Waals surface area contributed by atoms with Gasteiger partial charge in [-0.3, -0.25) is 10.2 Å². The molecule has 0 aromatic carbocycles. The van der Waals surface area contributed by atoms with Crippen LogP contribution in [0.3, 0.4) is 0 Å². The van der Waals surface area contributed by atoms with E-state index in [0.29, 0.717) is 37.8 Å². The maximum absolute atomic E-state index is 12.8. The second-order valence-electron chi connectivity index (χ2n) is 5.47. The fourth-order valence-electron chi connectivity index (χ4n) is 3.01. The van der Waals surface area contributed by atoms with E-state index in [-0.39, 0.29) is 24.6 Å². The van der Waals surface area contributed by atoms with Crippen molar-refractivity contribution in [2.24, 2.45) is 5.92 Å². The van der Waals surface area contributed by atoms with Crippen molar-refractivity contribution in [2.75, 3.05) is 13.1 Å². The van der Waals surface area contributed by atoms with Gasteiger partial charge < -0.3 is 14.6 Å². The molecule has 1 amide bonds. The highest BCUT2D eigenvalue weighted by Gasteiger charge is 2.38. The molecule has 2 aliphatic heterocycles. The zero-order valence-corrected chi connectivity index (χ0v) is 12.2. The Morgan fingerprint density at radius 1 is 1.39 bits per heavy atom. The van der Waals surface area contributed by atoms with Crippen LogP contribution in [0.1, 0.15) is 17.8 Å². The van der Waals surface area contributed by atoms with Gasteiger partial charge in [0.15, 0.2) is 11.6 Å². The van der Waals surface area contributed by atoms with E-state index in [1.807, 2.05) is 4.57 Å². The van der Waals surface area contributed by atoms with Crippen LogP contribution >= 0.6 is 0 Å². The van der Waals surface area contributed by atoms with Crippen molar-refractivity contribution in [2.45, 2.75) is 25.9 Å². The number of carbonyl (C=O) groups is 1. The highest BCUT2D eigenvalue weighted by molar-refractivity contribution is 5.80. The molecule has 0 saturated carbocycles. The van der Waals surface area contributed by atoms with Crippen LogP contribution < -0.4 is 10.9 Å². The Labute approximate surface area is 130 Å². The molecule has 2 unspecified atom stereocenters. The van der Waals surface area contributed by atoms with Crippen LogP contribution in [-0.4, -0.2) is 64.0 Å². The summed E-state index contributed by atoms with van der Waals surface area (Å²) in [6.45, 7) is 1.85. The summed E-state index contributed by atoms with van der Waals surface area (Å²) < 4.78 is 3.38. The fourth-order valence-corrected chi connectivity index (χ4v) is 3.01. The number of tetrazole rings is 1. The number of rotatable bonds is 3. The molecule has 2 aliphatic rings. The lowest BCUT2D eigenvalue weighted by Gasteiger charge is -2.30. The van der Waals surface area contributed by atoms with E-state index in [4.69, 9.17) is 0 Å². The van der Waals surface area contributed by atoms with Crippen LogP contribution in [0.4, 0.5) is 0 Å². The minimum Gasteiger partial charge on any atom is -0.388 e. The molecule has 0 spiro atoms. The summed E-state index contributed by atoms with van der Waals surface area (Å²) in [5.41, 5.74) is 6.00. The van der Waals surface area contributed by atoms with E-state index in [0.717, 1.165) is 0 Å². The number of hydrazine groups is 1. The van der Waals surface area contributed by atoms with E-state index in [9.17, 15) is 9.90 Å². The van der Waals surface area contributed by atoms with E-state index < -0.39 is 0 Å². The highest BCUT2D eigenvalue weighted by atomic mass is 16.3. The quantitative estimate of drug-likeness (QED) is 0.540. The van der Waals surface area contributed by atoms with Crippen molar-refractivity contribution in [3.8, 4) is 0 Å². The van der Waals surface area contributed by atoms with Crippen LogP contribution in [0.2, 0.25) is 0 Å². The molecular formula is C11H16N10O2. The summed E-state index contributed by atoms with van der Waals surface area (Å²) in [6, 6.07) is 0. The molecule has 2 aromatic rings. The topological polar surface area (TPSA) is 139 Å². The minimum absolute atomic E-state index is 0.00259. The predicted octanol–water partition coefficient (Wildman–Crippen LogP) is -2.98. The molecule has 1 saturated heterocycles. The Balaban J connectivity index is 1.51. The van der Waals surface area contributed by atoms with E-state index >= 15 is 0 Å². The van der Waals surface area contributed by atoms with Gasteiger partial charge in [-0.25, -0.2) is 10.1 Å². The number of hydrogen-bond donors (Lipinski definition) is 3. The number of nitrogens with one attached hydrogen (secondary N) is 2. The van der Waals surface area contributed by atoms with Crippen LogP contribution in [0.5, 0.6) is 0 Å². The maximum atomic E-state index is 12.8. The number of nitrogens with zero attached hydrogens (tertiary/aromatic N) is 8. The van der Waals surface area contributed by atoms with Crippen molar-refractivity contribution in [3.63, 3.8) is 0 Å². The monoisotopic (exact) mass is 320 g/mol. The maximum Gasteiger partial charge on any atom is 0.231 e. The molecule has 3 N–H and O–H groups in total. The first-order chi connectivity index (χ1) is 11.3. The zero-order valence-electron chi connectivity index (χ0n) is 12.2. The Kier molecular flexibility index (Phi) is 3.48. The average Bonchev–Trinajstić information content (AvgIpc) is 3.31. The van der Waals surface area contributed by atoms with Crippen LogP contribution in [0.15, 0.2) is 6.33 Å². The van der Waals surface area contributed by atoms with Crippen LogP contribution in [-0.2, 0) is 24.5 Å². The molecular weight excluding hydrogens is 304 g/mol. The van der Waals surface area contributed by atoms with Gasteiger partial charge >= 0.3 is 0 Å². The molecule has 12 heteroatoms. The predicted molar refractivity (Wildman–Crippen MR) is 72.8 cm³/mol. The van der Waals surface area contributed by atoms with Gasteiger partial charge in [0.1, 0.15) is 19.1 Å². The van der Waals surface area contributed by atoms with Gasteiger partial charge in [-0.15, -0.1) is 15.3 Å². The number of aromatic nitrogens is 7. The summed E-state index contributed by atoms with van der Waals surface area (Å²) >= 11 is 0. The van der Waals surface area contributed by atoms with Crippen LogP contribution in [0.25, 0.3) is 0 Å². The highest BCUT2D eigenvalue weighted by Crippen LogP contribution is 2.22. The van der Waals surface area contributed by atoms with Gasteiger partial charge in [0.25, 0.3) is 0 Å². The van der Waals surface area contributed by atoms with Gasteiger partial charge in [-0.2, -0.15) is 0 Å². The van der Waals surface area contributed by atoms with Gasteiger partial charge in [0.05, 0.1) is 12.5 Å². The lowest BCUT2D eigenvalue weighted by molar-refractivity contribution is -0.137. The third-order valence-corrected chi connectivity index (χ3v) is 4.20. The Morgan fingerprint density at radius 2 is 2.30 bits per heavy atom. The van der Waals surface area contributed by atoms with Crippen molar-refractivity contribution in [1.29, 1.82) is 0 Å². The number of hydrogen-bond acceptors (Lipinski definition) is 9. The molecule has 0 bridgehead atoms. The van der Waals surface area contributed by atoms with Gasteiger partial charge in [0, 0.05) is 19.6 Å². The SMILES string of the molecule is O=C(C1CNNC1n1cnnn1)N1CCn2c(CO)nnc2C1. The molecule has 122 valence electrons. The molecule has 23 heavy (non-hydrogen) atoms. The van der Waals surface area contributed by atoms with Crippen molar-refractivity contribution in [3.05, 3.63) is 18.0 Å². The smallest absolute Gasteiger partial charge is 0.231 e. The summed E-state index contributed by atoms with van der Waals surface area (Å²) in [5.74, 6) is 0.905. The third-order valence-electron chi connectivity index (χ3n) is 4.20. The van der Waals surface area contributed by atoms with E-state index in [2.05, 4.69) is 36.6 Å². The fraction of sp³-hybridized carbons (Fsp3) is 0.636. The second-order valence-corrected chi connectivity index (χ2v) is 5.47. The van der Waals surface area contributed by atoms with Crippen molar-refractivity contribution in [1.82, 2.24) is 50.7 Å². The van der Waals surface area contributed by atoms with E-state index in [1.54, 1.807) is 4.90 Å². The number of amides is 1. The first-order valence-corrected chi connectivity index (χ1v) is 7.29. The van der Waals surface area contributed by atoms with Gasteiger partial charge in [-0.1, -0.05) is 0 Å². The van der Waals surface area contributed by atoms with Crippen molar-refractivity contribution >= 4 is 5.91 Å². The summed E-state index contributed by atoms with van der Waals surface area (Å²) in [7, 11) is 0. The normalized spacial score (nSPS) is 24.0. The van der Waals surface area contributed by atoms with E-state index in [1.165, 1.54) is 11.0 Å². The minimum atomic E-state index is -0.328. The first kappa shape index (κ1) is 14.2. The molecule has 12 nitrogen and oxygen atoms in total. The Hall–Kier alpha value is -2.44. The zero-order chi connectivity index (χ0) is 15.8. The van der Waals surface area contributed by atoms with Crippen LogP contribution in [0, 0.1) is 5.92 Å². The molecule has 0 aliphatic carbocycles. The second kappa shape index (κ2) is 5.64. The van der Waals surface area contributed by atoms with Gasteiger partial charge in [0.2, 0.25) is 5.91 Å². The van der Waals surface area contributed by atoms with Crippen molar-refractivity contribution < 1.29 is 9.90 Å². The molecule has 1 fully saturated rings. The Bertz CT molecular complexity index is 698.